The summed E-state index contributed by atoms with van der Waals surface area (Å²) >= 11 is 2.54. The zero-order chi connectivity index (χ0) is 18.0. The summed E-state index contributed by atoms with van der Waals surface area (Å²) in [6.07, 6.45) is 3.29. The maximum Gasteiger partial charge on any atom is 0.276 e. The highest BCUT2D eigenvalue weighted by Gasteiger charge is 2.19. The fraction of sp³-hybridized carbons (Fsp3) is 0.125. The van der Waals surface area contributed by atoms with Crippen LogP contribution in [-0.2, 0) is 0 Å². The fourth-order valence-corrected chi connectivity index (χ4v) is 3.42. The largest absolute Gasteiger partial charge is 0.296 e. The van der Waals surface area contributed by atoms with Crippen LogP contribution < -0.4 is 5.32 Å². The smallest absolute Gasteiger partial charge is 0.276 e. The third kappa shape index (κ3) is 3.62. The number of ketones is 1. The summed E-state index contributed by atoms with van der Waals surface area (Å²) in [7, 11) is 0. The van der Waals surface area contributed by atoms with E-state index in [2.05, 4.69) is 15.3 Å². The number of carbonyl (C=O) groups excluding carboxylic acids is 2. The molecule has 1 amide bonds. The van der Waals surface area contributed by atoms with E-state index in [4.69, 9.17) is 0 Å². The number of hydrogen-bond donors (Lipinski definition) is 1. The van der Waals surface area contributed by atoms with Gasteiger partial charge in [0.05, 0.1) is 6.20 Å². The SMILES string of the molecule is CSc1ncc(C(=O)Nc2nc(C(C)=O)cs2)n1-c1ccc(F)cc1. The van der Waals surface area contributed by atoms with Gasteiger partial charge in [0.15, 0.2) is 16.1 Å². The van der Waals surface area contributed by atoms with Crippen LogP contribution in [0.4, 0.5) is 9.52 Å². The molecule has 0 aliphatic heterocycles. The van der Waals surface area contributed by atoms with Gasteiger partial charge in [-0.25, -0.2) is 14.4 Å². The fourth-order valence-electron chi connectivity index (χ4n) is 2.13. The Morgan fingerprint density at radius 1 is 1.28 bits per heavy atom. The van der Waals surface area contributed by atoms with Crippen LogP contribution in [0.25, 0.3) is 5.69 Å². The molecule has 0 bridgehead atoms. The second-order valence-corrected chi connectivity index (χ2v) is 6.62. The highest BCUT2D eigenvalue weighted by molar-refractivity contribution is 7.98. The summed E-state index contributed by atoms with van der Waals surface area (Å²) in [6.45, 7) is 1.41. The van der Waals surface area contributed by atoms with Crippen molar-refractivity contribution in [3.8, 4) is 5.69 Å². The van der Waals surface area contributed by atoms with Gasteiger partial charge in [0.25, 0.3) is 5.91 Å². The molecule has 2 heterocycles. The molecule has 0 spiro atoms. The van der Waals surface area contributed by atoms with E-state index in [1.54, 1.807) is 22.1 Å². The molecule has 9 heteroatoms. The van der Waals surface area contributed by atoms with Crippen molar-refractivity contribution in [1.82, 2.24) is 14.5 Å². The van der Waals surface area contributed by atoms with Gasteiger partial charge in [-0.15, -0.1) is 11.3 Å². The van der Waals surface area contributed by atoms with E-state index in [9.17, 15) is 14.0 Å². The van der Waals surface area contributed by atoms with Gasteiger partial charge in [-0.2, -0.15) is 0 Å². The Bertz CT molecular complexity index is 934. The van der Waals surface area contributed by atoms with Crippen LogP contribution in [0, 0.1) is 5.82 Å². The molecule has 25 heavy (non-hydrogen) atoms. The van der Waals surface area contributed by atoms with E-state index < -0.39 is 5.91 Å². The van der Waals surface area contributed by atoms with Crippen molar-refractivity contribution in [2.45, 2.75) is 12.1 Å². The zero-order valence-corrected chi connectivity index (χ0v) is 14.9. The van der Waals surface area contributed by atoms with E-state index in [-0.39, 0.29) is 17.3 Å². The molecule has 0 unspecified atom stereocenters. The van der Waals surface area contributed by atoms with Crippen molar-refractivity contribution in [2.24, 2.45) is 0 Å². The summed E-state index contributed by atoms with van der Waals surface area (Å²) in [5.41, 5.74) is 1.21. The number of thioether (sulfide) groups is 1. The van der Waals surface area contributed by atoms with Crippen LogP contribution in [0.2, 0.25) is 0 Å². The van der Waals surface area contributed by atoms with Gasteiger partial charge < -0.3 is 0 Å². The van der Waals surface area contributed by atoms with E-state index in [0.717, 1.165) is 0 Å². The number of nitrogens with zero attached hydrogens (tertiary/aromatic N) is 3. The minimum atomic E-state index is -0.415. The highest BCUT2D eigenvalue weighted by Crippen LogP contribution is 2.23. The van der Waals surface area contributed by atoms with Crippen molar-refractivity contribution in [1.29, 1.82) is 0 Å². The minimum absolute atomic E-state index is 0.169. The van der Waals surface area contributed by atoms with Gasteiger partial charge in [0.2, 0.25) is 0 Å². The molecule has 6 nitrogen and oxygen atoms in total. The van der Waals surface area contributed by atoms with Crippen LogP contribution in [0.15, 0.2) is 41.0 Å². The Kier molecular flexibility index (Phi) is 4.95. The van der Waals surface area contributed by atoms with Crippen molar-refractivity contribution < 1.29 is 14.0 Å². The normalized spacial score (nSPS) is 10.7. The molecule has 0 fully saturated rings. The molecular formula is C16H13FN4O2S2. The predicted molar refractivity (Wildman–Crippen MR) is 95.4 cm³/mol. The number of aromatic nitrogens is 3. The molecule has 1 N–H and O–H groups in total. The molecule has 2 aromatic heterocycles. The Morgan fingerprint density at radius 2 is 2.00 bits per heavy atom. The topological polar surface area (TPSA) is 76.9 Å². The van der Waals surface area contributed by atoms with Gasteiger partial charge in [0.1, 0.15) is 17.2 Å². The number of nitrogens with one attached hydrogen (secondary N) is 1. The Labute approximate surface area is 151 Å². The Balaban J connectivity index is 1.93. The molecule has 0 aliphatic rings. The molecular weight excluding hydrogens is 363 g/mol. The van der Waals surface area contributed by atoms with Crippen LogP contribution in [-0.4, -0.2) is 32.5 Å². The van der Waals surface area contributed by atoms with E-state index >= 15 is 0 Å². The van der Waals surface area contributed by atoms with Gasteiger partial charge in [-0.05, 0) is 30.5 Å². The van der Waals surface area contributed by atoms with Crippen LogP contribution >= 0.6 is 23.1 Å². The van der Waals surface area contributed by atoms with E-state index in [0.29, 0.717) is 21.7 Å². The first-order valence-electron chi connectivity index (χ1n) is 7.15. The summed E-state index contributed by atoms with van der Waals surface area (Å²) in [5, 5.41) is 5.17. The van der Waals surface area contributed by atoms with E-state index in [1.807, 2.05) is 6.26 Å². The second-order valence-electron chi connectivity index (χ2n) is 4.99. The van der Waals surface area contributed by atoms with Crippen molar-refractivity contribution in [2.75, 3.05) is 11.6 Å². The Hall–Kier alpha value is -2.52. The van der Waals surface area contributed by atoms with Crippen LogP contribution in [0.5, 0.6) is 0 Å². The lowest BCUT2D eigenvalue weighted by molar-refractivity contribution is 0.100. The maximum absolute atomic E-state index is 13.2. The molecule has 0 saturated carbocycles. The summed E-state index contributed by atoms with van der Waals surface area (Å²) in [5.74, 6) is -0.945. The van der Waals surface area contributed by atoms with Gasteiger partial charge in [-0.1, -0.05) is 11.8 Å². The summed E-state index contributed by atoms with van der Waals surface area (Å²) < 4.78 is 14.8. The molecule has 128 valence electrons. The Morgan fingerprint density at radius 3 is 2.60 bits per heavy atom. The number of benzene rings is 1. The van der Waals surface area contributed by atoms with Crippen molar-refractivity contribution in [3.63, 3.8) is 0 Å². The van der Waals surface area contributed by atoms with E-state index in [1.165, 1.54) is 48.4 Å². The number of anilines is 1. The van der Waals surface area contributed by atoms with Crippen molar-refractivity contribution in [3.05, 3.63) is 53.0 Å². The molecule has 1 aromatic carbocycles. The predicted octanol–water partition coefficient (Wildman–Crippen LogP) is 3.64. The number of amides is 1. The first-order valence-corrected chi connectivity index (χ1v) is 9.25. The number of carbonyl (C=O) groups is 2. The average Bonchev–Trinajstić information content (AvgIpc) is 3.22. The quantitative estimate of drug-likeness (QED) is 0.543. The number of imidazole rings is 1. The molecule has 0 aliphatic carbocycles. The number of Topliss-reactive ketones (excluding diaryl/α,β-unsaturated/α-hetero) is 1. The third-order valence-corrected chi connectivity index (χ3v) is 4.73. The number of rotatable bonds is 5. The third-order valence-electron chi connectivity index (χ3n) is 3.31. The van der Waals surface area contributed by atoms with Gasteiger partial charge in [0, 0.05) is 18.0 Å². The number of halogens is 1. The zero-order valence-electron chi connectivity index (χ0n) is 13.3. The lowest BCUT2D eigenvalue weighted by atomic mass is 10.3. The first-order chi connectivity index (χ1) is 12.0. The highest BCUT2D eigenvalue weighted by atomic mass is 32.2. The first kappa shape index (κ1) is 17.3. The second kappa shape index (κ2) is 7.16. The molecule has 3 rings (SSSR count). The molecule has 3 aromatic rings. The van der Waals surface area contributed by atoms with Crippen LogP contribution in [0.3, 0.4) is 0 Å². The lowest BCUT2D eigenvalue weighted by Gasteiger charge is -2.10. The average molecular weight is 376 g/mol. The molecule has 0 atom stereocenters. The summed E-state index contributed by atoms with van der Waals surface area (Å²) in [6, 6.07) is 5.79. The minimum Gasteiger partial charge on any atom is -0.296 e. The van der Waals surface area contributed by atoms with Crippen molar-refractivity contribution >= 4 is 39.9 Å². The maximum atomic E-state index is 13.2. The molecule has 0 saturated heterocycles. The van der Waals surface area contributed by atoms with Crippen LogP contribution in [0.1, 0.15) is 27.9 Å². The molecule has 0 radical (unpaired) electrons. The lowest BCUT2D eigenvalue weighted by Crippen LogP contribution is -2.16. The number of thiazole rings is 1. The van der Waals surface area contributed by atoms with Gasteiger partial charge in [-0.3, -0.25) is 19.5 Å². The van der Waals surface area contributed by atoms with Gasteiger partial charge >= 0.3 is 0 Å². The monoisotopic (exact) mass is 376 g/mol. The standard InChI is InChI=1S/C16H13FN4O2S2/c1-9(22)12-8-25-15(19-12)20-14(23)13-7-18-16(24-2)21(13)11-5-3-10(17)4-6-11/h3-8H,1-2H3,(H,19,20,23). The number of hydrogen-bond acceptors (Lipinski definition) is 6. The summed E-state index contributed by atoms with van der Waals surface area (Å²) in [4.78, 5) is 32.2.